The van der Waals surface area contributed by atoms with Gasteiger partial charge in [0.15, 0.2) is 0 Å². The van der Waals surface area contributed by atoms with Gasteiger partial charge in [0, 0.05) is 15.0 Å². The molecule has 0 saturated heterocycles. The predicted molar refractivity (Wildman–Crippen MR) is 90.6 cm³/mol. The number of halogens is 3. The van der Waals surface area contributed by atoms with Gasteiger partial charge in [-0.3, -0.25) is 0 Å². The quantitative estimate of drug-likeness (QED) is 0.575. The molecule has 0 aliphatic heterocycles. The highest BCUT2D eigenvalue weighted by molar-refractivity contribution is 7.19. The lowest BCUT2D eigenvalue weighted by Gasteiger charge is -2.08. The van der Waals surface area contributed by atoms with Gasteiger partial charge in [-0.25, -0.2) is 0 Å². The third kappa shape index (κ3) is 2.61. The summed E-state index contributed by atoms with van der Waals surface area (Å²) >= 11 is 20.2. The van der Waals surface area contributed by atoms with Crippen molar-refractivity contribution in [3.63, 3.8) is 0 Å². The van der Waals surface area contributed by atoms with Crippen LogP contribution in [0.15, 0.2) is 42.5 Å². The normalized spacial score (nSPS) is 10.9. The van der Waals surface area contributed by atoms with Gasteiger partial charge in [-0.1, -0.05) is 59.1 Å². The highest BCUT2D eigenvalue weighted by Gasteiger charge is 2.10. The summed E-state index contributed by atoms with van der Waals surface area (Å²) in [5.74, 6) is 0. The molecule has 0 unspecified atom stereocenters. The van der Waals surface area contributed by atoms with Gasteiger partial charge in [-0.2, -0.15) is 0 Å². The number of benzene rings is 2. The van der Waals surface area contributed by atoms with Gasteiger partial charge in [-0.15, -0.1) is 11.3 Å². The second-order valence-corrected chi connectivity index (χ2v) is 6.59. The minimum absolute atomic E-state index is 0.534. The first-order valence-corrected chi connectivity index (χ1v) is 7.95. The average Bonchev–Trinajstić information content (AvgIpc) is 2.78. The van der Waals surface area contributed by atoms with Gasteiger partial charge < -0.3 is 5.32 Å². The molecule has 102 valence electrons. The second kappa shape index (κ2) is 5.82. The van der Waals surface area contributed by atoms with Crippen molar-refractivity contribution < 1.29 is 0 Å². The molecule has 0 aliphatic carbocycles. The minimum atomic E-state index is 0.534. The topological polar surface area (TPSA) is 12.0 Å². The Hall–Kier alpha value is -0.930. The van der Waals surface area contributed by atoms with Crippen LogP contribution in [-0.4, -0.2) is 0 Å². The van der Waals surface area contributed by atoms with Gasteiger partial charge >= 0.3 is 0 Å². The van der Waals surface area contributed by atoms with Crippen LogP contribution in [0.3, 0.4) is 0 Å². The maximum atomic E-state index is 6.41. The Bertz CT molecular complexity index is 767. The standard InChI is InChI=1S/C15H10Cl3NS/c16-10-5-3-6-11(15(10)18)19-8-13-14(17)9-4-1-2-7-12(9)20-13/h1-7,19H,8H2. The van der Waals surface area contributed by atoms with Crippen LogP contribution in [0.5, 0.6) is 0 Å². The lowest BCUT2D eigenvalue weighted by Crippen LogP contribution is -1.98. The zero-order valence-corrected chi connectivity index (χ0v) is 13.4. The van der Waals surface area contributed by atoms with Crippen molar-refractivity contribution in [2.45, 2.75) is 6.54 Å². The van der Waals surface area contributed by atoms with Crippen molar-refractivity contribution in [3.05, 3.63) is 62.4 Å². The summed E-state index contributed by atoms with van der Waals surface area (Å²) in [5, 5.41) is 6.25. The Kier molecular flexibility index (Phi) is 4.08. The fraction of sp³-hybridized carbons (Fsp3) is 0.0667. The van der Waals surface area contributed by atoms with Crippen molar-refractivity contribution in [3.8, 4) is 0 Å². The first-order valence-electron chi connectivity index (χ1n) is 6.00. The van der Waals surface area contributed by atoms with E-state index in [1.807, 2.05) is 30.3 Å². The minimum Gasteiger partial charge on any atom is -0.379 e. The largest absolute Gasteiger partial charge is 0.379 e. The zero-order valence-electron chi connectivity index (χ0n) is 10.3. The maximum absolute atomic E-state index is 6.41. The van der Waals surface area contributed by atoms with Crippen molar-refractivity contribution in [1.82, 2.24) is 0 Å². The molecule has 0 amide bonds. The van der Waals surface area contributed by atoms with E-state index in [1.54, 1.807) is 17.4 Å². The van der Waals surface area contributed by atoms with Crippen LogP contribution < -0.4 is 5.32 Å². The summed E-state index contributed by atoms with van der Waals surface area (Å²) < 4.78 is 1.19. The molecule has 0 atom stereocenters. The van der Waals surface area contributed by atoms with E-state index in [4.69, 9.17) is 34.8 Å². The lowest BCUT2D eigenvalue weighted by molar-refractivity contribution is 1.19. The number of nitrogens with one attached hydrogen (secondary N) is 1. The molecule has 0 fully saturated rings. The van der Waals surface area contributed by atoms with Crippen LogP contribution in [-0.2, 0) is 6.54 Å². The van der Waals surface area contributed by atoms with Gasteiger partial charge in [0.25, 0.3) is 0 Å². The first kappa shape index (κ1) is 14.0. The summed E-state index contributed by atoms with van der Waals surface area (Å²) in [5.41, 5.74) is 0.813. The summed E-state index contributed by atoms with van der Waals surface area (Å²) in [7, 11) is 0. The molecule has 3 aromatic rings. The van der Waals surface area contributed by atoms with Crippen LogP contribution in [0.25, 0.3) is 10.1 Å². The number of hydrogen-bond donors (Lipinski definition) is 1. The molecule has 1 aromatic heterocycles. The van der Waals surface area contributed by atoms with Crippen LogP contribution in [0.2, 0.25) is 15.1 Å². The molecule has 0 saturated carbocycles. The molecule has 5 heteroatoms. The van der Waals surface area contributed by atoms with E-state index in [0.717, 1.165) is 21.0 Å². The molecular weight excluding hydrogens is 333 g/mol. The summed E-state index contributed by atoms with van der Waals surface area (Å²) in [6.07, 6.45) is 0. The molecule has 3 rings (SSSR count). The monoisotopic (exact) mass is 341 g/mol. The summed E-state index contributed by atoms with van der Waals surface area (Å²) in [6.45, 7) is 0.623. The summed E-state index contributed by atoms with van der Waals surface area (Å²) in [4.78, 5) is 1.09. The SMILES string of the molecule is Clc1cccc(NCc2sc3ccccc3c2Cl)c1Cl. The predicted octanol–water partition coefficient (Wildman–Crippen LogP) is 6.47. The fourth-order valence-electron chi connectivity index (χ4n) is 1.99. The first-order chi connectivity index (χ1) is 9.66. The molecule has 0 aliphatic rings. The number of fused-ring (bicyclic) bond motifs is 1. The van der Waals surface area contributed by atoms with E-state index >= 15 is 0 Å². The second-order valence-electron chi connectivity index (χ2n) is 4.29. The van der Waals surface area contributed by atoms with Crippen molar-refractivity contribution >= 4 is 61.9 Å². The number of thiophene rings is 1. The van der Waals surface area contributed by atoms with Gasteiger partial charge in [0.2, 0.25) is 0 Å². The maximum Gasteiger partial charge on any atom is 0.0823 e. The van der Waals surface area contributed by atoms with Gasteiger partial charge in [-0.05, 0) is 18.2 Å². The third-order valence-corrected chi connectivity index (χ3v) is 5.53. The molecule has 1 heterocycles. The highest BCUT2D eigenvalue weighted by atomic mass is 35.5. The summed E-state index contributed by atoms with van der Waals surface area (Å²) in [6, 6.07) is 13.6. The van der Waals surface area contributed by atoms with Crippen LogP contribution in [0, 0.1) is 0 Å². The fourth-order valence-corrected chi connectivity index (χ4v) is 3.80. The van der Waals surface area contributed by atoms with E-state index in [9.17, 15) is 0 Å². The Balaban J connectivity index is 1.87. The Labute approximate surface area is 136 Å². The Morgan fingerprint density at radius 3 is 2.50 bits per heavy atom. The van der Waals surface area contributed by atoms with E-state index in [2.05, 4.69) is 11.4 Å². The van der Waals surface area contributed by atoms with E-state index in [0.29, 0.717) is 16.6 Å². The van der Waals surface area contributed by atoms with Crippen LogP contribution in [0.1, 0.15) is 4.88 Å². The molecular formula is C15H10Cl3NS. The van der Waals surface area contributed by atoms with E-state index < -0.39 is 0 Å². The van der Waals surface area contributed by atoms with Crippen molar-refractivity contribution in [1.29, 1.82) is 0 Å². The number of hydrogen-bond acceptors (Lipinski definition) is 2. The molecule has 0 spiro atoms. The van der Waals surface area contributed by atoms with E-state index in [1.165, 1.54) is 4.70 Å². The molecule has 0 bridgehead atoms. The molecule has 1 nitrogen and oxygen atoms in total. The molecule has 0 radical (unpaired) electrons. The van der Waals surface area contributed by atoms with Gasteiger partial charge in [0.1, 0.15) is 0 Å². The van der Waals surface area contributed by atoms with Crippen molar-refractivity contribution in [2.24, 2.45) is 0 Å². The Morgan fingerprint density at radius 1 is 0.900 bits per heavy atom. The third-order valence-electron chi connectivity index (χ3n) is 2.99. The van der Waals surface area contributed by atoms with Gasteiger partial charge in [0.05, 0.1) is 27.3 Å². The van der Waals surface area contributed by atoms with Crippen LogP contribution in [0.4, 0.5) is 5.69 Å². The highest BCUT2D eigenvalue weighted by Crippen LogP contribution is 2.36. The molecule has 2 aromatic carbocycles. The lowest BCUT2D eigenvalue weighted by atomic mass is 10.2. The number of anilines is 1. The molecule has 1 N–H and O–H groups in total. The molecule has 20 heavy (non-hydrogen) atoms. The Morgan fingerprint density at radius 2 is 1.70 bits per heavy atom. The smallest absolute Gasteiger partial charge is 0.0823 e. The zero-order chi connectivity index (χ0) is 14.1. The van der Waals surface area contributed by atoms with E-state index in [-0.39, 0.29) is 0 Å². The van der Waals surface area contributed by atoms with Crippen molar-refractivity contribution in [2.75, 3.05) is 5.32 Å². The van der Waals surface area contributed by atoms with Crippen LogP contribution >= 0.6 is 46.1 Å². The number of rotatable bonds is 3. The average molecular weight is 343 g/mol.